The number of carbonyl (C=O) groups excluding carboxylic acids is 1. The van der Waals surface area contributed by atoms with Crippen LogP contribution in [0.3, 0.4) is 0 Å². The van der Waals surface area contributed by atoms with Gasteiger partial charge in [0.25, 0.3) is 10.0 Å². The quantitative estimate of drug-likeness (QED) is 0.610. The number of furan rings is 1. The molecule has 0 aliphatic carbocycles. The molecule has 3 aromatic rings. The van der Waals surface area contributed by atoms with Crippen molar-refractivity contribution in [2.45, 2.75) is 25.3 Å². The molecule has 0 fully saturated rings. The van der Waals surface area contributed by atoms with Crippen molar-refractivity contribution >= 4 is 33.2 Å². The van der Waals surface area contributed by atoms with Crippen LogP contribution >= 0.6 is 11.6 Å². The summed E-state index contributed by atoms with van der Waals surface area (Å²) in [4.78, 5) is 12.6. The van der Waals surface area contributed by atoms with Crippen LogP contribution in [0, 0.1) is 13.8 Å². The number of nitrogens with zero attached hydrogens (tertiary/aromatic N) is 1. The SMILES string of the molecule is Cc1ccc(N(CC(=O)NCc2ccco2)S(=O)(=O)c2ccc(Cl)cc2)cc1C. The van der Waals surface area contributed by atoms with E-state index in [0.29, 0.717) is 16.5 Å². The van der Waals surface area contributed by atoms with Gasteiger partial charge in [0.1, 0.15) is 12.3 Å². The number of hydrogen-bond acceptors (Lipinski definition) is 4. The second kappa shape index (κ2) is 8.71. The van der Waals surface area contributed by atoms with E-state index in [-0.39, 0.29) is 18.0 Å². The molecule has 0 bridgehead atoms. The minimum atomic E-state index is -3.98. The first kappa shape index (κ1) is 21.0. The smallest absolute Gasteiger partial charge is 0.264 e. The lowest BCUT2D eigenvalue weighted by molar-refractivity contribution is -0.119. The second-order valence-electron chi connectivity index (χ2n) is 6.59. The van der Waals surface area contributed by atoms with Crippen molar-refractivity contribution in [3.63, 3.8) is 0 Å². The highest BCUT2D eigenvalue weighted by Gasteiger charge is 2.27. The van der Waals surface area contributed by atoms with Gasteiger partial charge in [-0.1, -0.05) is 17.7 Å². The van der Waals surface area contributed by atoms with Crippen LogP contribution in [-0.2, 0) is 21.4 Å². The topological polar surface area (TPSA) is 79.6 Å². The zero-order valence-electron chi connectivity index (χ0n) is 16.1. The number of carbonyl (C=O) groups is 1. The highest BCUT2D eigenvalue weighted by molar-refractivity contribution is 7.92. The number of anilines is 1. The Kier molecular flexibility index (Phi) is 6.30. The number of aryl methyl sites for hydroxylation is 2. The average Bonchev–Trinajstić information content (AvgIpc) is 3.21. The Balaban J connectivity index is 1.91. The molecule has 0 saturated heterocycles. The summed E-state index contributed by atoms with van der Waals surface area (Å²) in [7, 11) is -3.98. The van der Waals surface area contributed by atoms with Crippen molar-refractivity contribution in [1.29, 1.82) is 0 Å². The average molecular weight is 433 g/mol. The number of sulfonamides is 1. The molecule has 8 heteroatoms. The van der Waals surface area contributed by atoms with Gasteiger partial charge >= 0.3 is 0 Å². The van der Waals surface area contributed by atoms with Crippen LogP contribution in [0.15, 0.2) is 70.2 Å². The van der Waals surface area contributed by atoms with Crippen LogP contribution < -0.4 is 9.62 Å². The molecule has 0 aliphatic heterocycles. The maximum Gasteiger partial charge on any atom is 0.264 e. The molecule has 2 aromatic carbocycles. The normalized spacial score (nSPS) is 11.3. The molecule has 0 aliphatic rings. The van der Waals surface area contributed by atoms with Crippen LogP contribution in [-0.4, -0.2) is 20.9 Å². The number of rotatable bonds is 7. The van der Waals surface area contributed by atoms with Crippen molar-refractivity contribution in [3.8, 4) is 0 Å². The zero-order chi connectivity index (χ0) is 21.0. The van der Waals surface area contributed by atoms with Crippen molar-refractivity contribution in [2.75, 3.05) is 10.8 Å². The Labute approximate surface area is 175 Å². The van der Waals surface area contributed by atoms with Crippen molar-refractivity contribution in [2.24, 2.45) is 0 Å². The van der Waals surface area contributed by atoms with E-state index < -0.39 is 15.9 Å². The molecule has 1 aromatic heterocycles. The van der Waals surface area contributed by atoms with Crippen LogP contribution in [0.2, 0.25) is 5.02 Å². The number of halogens is 1. The molecule has 29 heavy (non-hydrogen) atoms. The van der Waals surface area contributed by atoms with Gasteiger partial charge in [-0.3, -0.25) is 9.10 Å². The fourth-order valence-electron chi connectivity index (χ4n) is 2.71. The van der Waals surface area contributed by atoms with Crippen LogP contribution in [0.25, 0.3) is 0 Å². The third-order valence-electron chi connectivity index (χ3n) is 4.51. The molecule has 152 valence electrons. The minimum Gasteiger partial charge on any atom is -0.467 e. The van der Waals surface area contributed by atoms with Gasteiger partial charge in [0.15, 0.2) is 0 Å². The van der Waals surface area contributed by atoms with Gasteiger partial charge in [-0.15, -0.1) is 0 Å². The van der Waals surface area contributed by atoms with Gasteiger partial charge in [-0.05, 0) is 73.5 Å². The molecule has 0 unspecified atom stereocenters. The molecule has 0 atom stereocenters. The Morgan fingerprint density at radius 3 is 2.41 bits per heavy atom. The lowest BCUT2D eigenvalue weighted by Crippen LogP contribution is -2.40. The van der Waals surface area contributed by atoms with Crippen LogP contribution in [0.1, 0.15) is 16.9 Å². The van der Waals surface area contributed by atoms with Crippen LogP contribution in [0.5, 0.6) is 0 Å². The fraction of sp³-hybridized carbons (Fsp3) is 0.190. The summed E-state index contributed by atoms with van der Waals surface area (Å²) in [6.07, 6.45) is 1.51. The van der Waals surface area contributed by atoms with Gasteiger partial charge in [0, 0.05) is 5.02 Å². The number of amides is 1. The van der Waals surface area contributed by atoms with Crippen LogP contribution in [0.4, 0.5) is 5.69 Å². The van der Waals surface area contributed by atoms with Crippen molar-refractivity contribution in [3.05, 3.63) is 82.8 Å². The van der Waals surface area contributed by atoms with E-state index in [1.54, 1.807) is 24.3 Å². The first-order valence-corrected chi connectivity index (χ1v) is 10.7. The van der Waals surface area contributed by atoms with E-state index in [1.165, 1.54) is 30.5 Å². The highest BCUT2D eigenvalue weighted by atomic mass is 35.5. The maximum atomic E-state index is 13.3. The van der Waals surface area contributed by atoms with Gasteiger partial charge in [0.2, 0.25) is 5.91 Å². The van der Waals surface area contributed by atoms with E-state index in [4.69, 9.17) is 16.0 Å². The summed E-state index contributed by atoms with van der Waals surface area (Å²) in [5.74, 6) is 0.133. The molecule has 0 saturated carbocycles. The summed E-state index contributed by atoms with van der Waals surface area (Å²) in [6, 6.07) is 14.6. The summed E-state index contributed by atoms with van der Waals surface area (Å²) in [5.41, 5.74) is 2.37. The van der Waals surface area contributed by atoms with Crippen molar-refractivity contribution in [1.82, 2.24) is 5.32 Å². The van der Waals surface area contributed by atoms with E-state index in [1.807, 2.05) is 19.9 Å². The predicted octanol–water partition coefficient (Wildman–Crippen LogP) is 4.06. The Morgan fingerprint density at radius 1 is 1.07 bits per heavy atom. The van der Waals surface area contributed by atoms with Gasteiger partial charge in [-0.25, -0.2) is 8.42 Å². The maximum absolute atomic E-state index is 13.3. The molecule has 6 nitrogen and oxygen atoms in total. The second-order valence-corrected chi connectivity index (χ2v) is 8.89. The Hall–Kier alpha value is -2.77. The third kappa shape index (κ3) is 4.99. The summed E-state index contributed by atoms with van der Waals surface area (Å²) in [5, 5.41) is 3.11. The van der Waals surface area contributed by atoms with E-state index in [9.17, 15) is 13.2 Å². The molecule has 0 spiro atoms. The number of nitrogens with one attached hydrogen (secondary N) is 1. The highest BCUT2D eigenvalue weighted by Crippen LogP contribution is 2.26. The number of benzene rings is 2. The molecule has 1 amide bonds. The third-order valence-corrected chi connectivity index (χ3v) is 6.55. The van der Waals surface area contributed by atoms with E-state index >= 15 is 0 Å². The first-order valence-electron chi connectivity index (χ1n) is 8.92. The van der Waals surface area contributed by atoms with Gasteiger partial charge < -0.3 is 9.73 Å². The summed E-state index contributed by atoms with van der Waals surface area (Å²) < 4.78 is 32.9. The molecule has 0 radical (unpaired) electrons. The summed E-state index contributed by atoms with van der Waals surface area (Å²) >= 11 is 5.89. The minimum absolute atomic E-state index is 0.0546. The summed E-state index contributed by atoms with van der Waals surface area (Å²) in [6.45, 7) is 3.64. The lowest BCUT2D eigenvalue weighted by atomic mass is 10.1. The first-order chi connectivity index (χ1) is 13.8. The standard InChI is InChI=1S/C21H21ClN2O4S/c1-15-5-8-18(12-16(15)2)24(14-21(25)23-13-19-4-3-11-28-19)29(26,27)20-9-6-17(22)7-10-20/h3-12H,13-14H2,1-2H3,(H,23,25). The Bertz CT molecular complexity index is 1090. The molecular weight excluding hydrogens is 412 g/mol. The van der Waals surface area contributed by atoms with E-state index in [2.05, 4.69) is 5.32 Å². The monoisotopic (exact) mass is 432 g/mol. The lowest BCUT2D eigenvalue weighted by Gasteiger charge is -2.24. The predicted molar refractivity (Wildman–Crippen MR) is 112 cm³/mol. The zero-order valence-corrected chi connectivity index (χ0v) is 17.6. The molecular formula is C21H21ClN2O4S. The van der Waals surface area contributed by atoms with Gasteiger partial charge in [0.05, 0.1) is 23.4 Å². The Morgan fingerprint density at radius 2 is 1.79 bits per heavy atom. The van der Waals surface area contributed by atoms with Crippen molar-refractivity contribution < 1.29 is 17.6 Å². The van der Waals surface area contributed by atoms with E-state index in [0.717, 1.165) is 15.4 Å². The fourth-order valence-corrected chi connectivity index (χ4v) is 4.25. The molecule has 1 heterocycles. The largest absolute Gasteiger partial charge is 0.467 e. The molecule has 1 N–H and O–H groups in total. The van der Waals surface area contributed by atoms with Gasteiger partial charge in [-0.2, -0.15) is 0 Å². The number of hydrogen-bond donors (Lipinski definition) is 1. The molecule has 3 rings (SSSR count).